The Balaban J connectivity index is 1.28. The fourth-order valence-corrected chi connectivity index (χ4v) is 4.57. The second-order valence-electron chi connectivity index (χ2n) is 8.63. The van der Waals surface area contributed by atoms with Gasteiger partial charge in [0.2, 0.25) is 0 Å². The zero-order valence-electron chi connectivity index (χ0n) is 19.4. The van der Waals surface area contributed by atoms with Gasteiger partial charge in [0.05, 0.1) is 17.9 Å². The van der Waals surface area contributed by atoms with E-state index in [1.54, 1.807) is 36.5 Å². The van der Waals surface area contributed by atoms with Crippen LogP contribution in [0.15, 0.2) is 54.4 Å². The molecule has 6 nitrogen and oxygen atoms in total. The van der Waals surface area contributed by atoms with Gasteiger partial charge in [0, 0.05) is 56.6 Å². The fraction of sp³-hybridized carbons (Fsp3) is 0.423. The number of carbonyl (C=O) groups is 1. The third-order valence-corrected chi connectivity index (χ3v) is 6.46. The topological polar surface area (TPSA) is 45.3 Å². The minimum absolute atomic E-state index is 0.0748. The average molecular weight is 470 g/mol. The van der Waals surface area contributed by atoms with Crippen LogP contribution in [0.3, 0.4) is 0 Å². The van der Waals surface area contributed by atoms with E-state index in [1.807, 2.05) is 0 Å². The molecule has 1 saturated heterocycles. The number of rotatable bonds is 8. The molecule has 0 unspecified atom stereocenters. The van der Waals surface area contributed by atoms with Gasteiger partial charge in [0.15, 0.2) is 0 Å². The van der Waals surface area contributed by atoms with Crippen molar-refractivity contribution < 1.29 is 14.3 Å². The Hall–Kier alpha value is -2.54. The Kier molecular flexibility index (Phi) is 7.91. The van der Waals surface area contributed by atoms with E-state index in [-0.39, 0.29) is 5.91 Å². The van der Waals surface area contributed by atoms with Crippen molar-refractivity contribution in [3.63, 3.8) is 0 Å². The molecule has 0 aliphatic carbocycles. The van der Waals surface area contributed by atoms with Gasteiger partial charge in [-0.1, -0.05) is 23.7 Å². The number of hydrogen-bond donors (Lipinski definition) is 0. The summed E-state index contributed by atoms with van der Waals surface area (Å²) in [6.07, 6.45) is 3.55. The Morgan fingerprint density at radius 2 is 1.82 bits per heavy atom. The molecule has 33 heavy (non-hydrogen) atoms. The van der Waals surface area contributed by atoms with Crippen LogP contribution in [-0.2, 0) is 4.74 Å². The number of benzene rings is 2. The molecule has 2 heterocycles. The van der Waals surface area contributed by atoms with E-state index in [9.17, 15) is 4.79 Å². The lowest BCUT2D eigenvalue weighted by atomic mass is 10.1. The zero-order chi connectivity index (χ0) is 23.2. The molecule has 0 N–H and O–H groups in total. The highest BCUT2D eigenvalue weighted by molar-refractivity contribution is 6.30. The number of fused-ring (bicyclic) bond motifs is 1. The molecule has 2 aliphatic rings. The maximum Gasteiger partial charge on any atom is 0.261 e. The number of aryl methyl sites for hydroxylation is 1. The van der Waals surface area contributed by atoms with Crippen molar-refractivity contribution >= 4 is 23.2 Å². The van der Waals surface area contributed by atoms with E-state index >= 15 is 0 Å². The molecule has 4 rings (SSSR count). The van der Waals surface area contributed by atoms with Crippen molar-refractivity contribution in [2.45, 2.75) is 19.8 Å². The Labute approximate surface area is 201 Å². The average Bonchev–Trinajstić information content (AvgIpc) is 2.94. The summed E-state index contributed by atoms with van der Waals surface area (Å²) in [7, 11) is 1.62. The van der Waals surface area contributed by atoms with Crippen molar-refractivity contribution in [3.05, 3.63) is 70.6 Å². The minimum atomic E-state index is -0.0748. The SMILES string of the molecule is COCC1=COc2cc(Cl)ccc2C(=O)N1CCCCN1CCN(c2cccc(C)c2)CC1. The lowest BCUT2D eigenvalue weighted by molar-refractivity contribution is 0.0771. The van der Waals surface area contributed by atoms with Gasteiger partial charge in [-0.3, -0.25) is 9.69 Å². The number of anilines is 1. The van der Waals surface area contributed by atoms with Crippen LogP contribution in [0.25, 0.3) is 0 Å². The Morgan fingerprint density at radius 3 is 2.58 bits per heavy atom. The molecular formula is C26H32ClN3O3. The molecule has 0 radical (unpaired) electrons. The van der Waals surface area contributed by atoms with Crippen molar-refractivity contribution in [3.8, 4) is 5.75 Å². The van der Waals surface area contributed by atoms with Crippen LogP contribution in [0.2, 0.25) is 5.02 Å². The molecule has 0 spiro atoms. The van der Waals surface area contributed by atoms with E-state index < -0.39 is 0 Å². The van der Waals surface area contributed by atoms with E-state index in [4.69, 9.17) is 21.1 Å². The fourth-order valence-electron chi connectivity index (χ4n) is 4.41. The maximum atomic E-state index is 13.2. The van der Waals surface area contributed by atoms with E-state index in [0.717, 1.165) is 51.3 Å². The molecule has 1 amide bonds. The summed E-state index contributed by atoms with van der Waals surface area (Å²) in [5.41, 5.74) is 3.86. The summed E-state index contributed by atoms with van der Waals surface area (Å²) in [4.78, 5) is 20.0. The first-order valence-corrected chi connectivity index (χ1v) is 11.9. The molecule has 0 atom stereocenters. The smallest absolute Gasteiger partial charge is 0.261 e. The summed E-state index contributed by atoms with van der Waals surface area (Å²) >= 11 is 6.08. The highest BCUT2D eigenvalue weighted by Crippen LogP contribution is 2.29. The molecular weight excluding hydrogens is 438 g/mol. The normalized spacial score (nSPS) is 16.8. The van der Waals surface area contributed by atoms with Crippen LogP contribution in [0.1, 0.15) is 28.8 Å². The van der Waals surface area contributed by atoms with Crippen molar-refractivity contribution in [2.75, 3.05) is 57.9 Å². The molecule has 7 heteroatoms. The van der Waals surface area contributed by atoms with Crippen LogP contribution >= 0.6 is 11.6 Å². The summed E-state index contributed by atoms with van der Waals surface area (Å²) < 4.78 is 11.1. The van der Waals surface area contributed by atoms with Gasteiger partial charge in [-0.25, -0.2) is 0 Å². The third-order valence-electron chi connectivity index (χ3n) is 6.23. The molecule has 0 bridgehead atoms. The third kappa shape index (κ3) is 5.88. The van der Waals surface area contributed by atoms with Crippen LogP contribution < -0.4 is 9.64 Å². The lowest BCUT2D eigenvalue weighted by Gasteiger charge is -2.36. The van der Waals surface area contributed by atoms with Gasteiger partial charge >= 0.3 is 0 Å². The number of piperazine rings is 1. The second-order valence-corrected chi connectivity index (χ2v) is 9.07. The van der Waals surface area contributed by atoms with E-state index in [2.05, 4.69) is 41.0 Å². The largest absolute Gasteiger partial charge is 0.462 e. The van der Waals surface area contributed by atoms with E-state index in [0.29, 0.717) is 29.5 Å². The molecule has 176 valence electrons. The number of amides is 1. The summed E-state index contributed by atoms with van der Waals surface area (Å²) in [5.74, 6) is 0.407. The number of ether oxygens (including phenoxy) is 2. The van der Waals surface area contributed by atoms with Crippen molar-refractivity contribution in [1.82, 2.24) is 9.80 Å². The van der Waals surface area contributed by atoms with Gasteiger partial charge in [0.25, 0.3) is 5.91 Å². The Morgan fingerprint density at radius 1 is 1.03 bits per heavy atom. The number of halogens is 1. The molecule has 1 fully saturated rings. The molecule has 0 saturated carbocycles. The summed E-state index contributed by atoms with van der Waals surface area (Å²) in [6, 6.07) is 13.8. The predicted molar refractivity (Wildman–Crippen MR) is 132 cm³/mol. The van der Waals surface area contributed by atoms with Crippen molar-refractivity contribution in [1.29, 1.82) is 0 Å². The number of unbranched alkanes of at least 4 members (excludes halogenated alkanes) is 1. The van der Waals surface area contributed by atoms with Crippen LogP contribution in [0.4, 0.5) is 5.69 Å². The van der Waals surface area contributed by atoms with Crippen LogP contribution in [0, 0.1) is 6.92 Å². The zero-order valence-corrected chi connectivity index (χ0v) is 20.2. The first kappa shape index (κ1) is 23.6. The maximum absolute atomic E-state index is 13.2. The second kappa shape index (κ2) is 11.1. The quantitative estimate of drug-likeness (QED) is 0.530. The Bertz CT molecular complexity index is 1000. The number of nitrogens with zero attached hydrogens (tertiary/aromatic N) is 3. The first-order valence-electron chi connectivity index (χ1n) is 11.5. The number of methoxy groups -OCH3 is 1. The number of carbonyl (C=O) groups excluding carboxylic acids is 1. The van der Waals surface area contributed by atoms with Gasteiger partial charge in [0.1, 0.15) is 12.0 Å². The van der Waals surface area contributed by atoms with Gasteiger partial charge in [-0.05, 0) is 56.1 Å². The lowest BCUT2D eigenvalue weighted by Crippen LogP contribution is -2.46. The monoisotopic (exact) mass is 469 g/mol. The predicted octanol–water partition coefficient (Wildman–Crippen LogP) is 4.57. The van der Waals surface area contributed by atoms with Gasteiger partial charge in [-0.2, -0.15) is 0 Å². The van der Waals surface area contributed by atoms with Crippen LogP contribution in [0.5, 0.6) is 5.75 Å². The molecule has 2 aromatic carbocycles. The van der Waals surface area contributed by atoms with E-state index in [1.165, 1.54) is 11.3 Å². The standard InChI is InChI=1S/C26H32ClN3O3/c1-20-6-5-7-22(16-20)29-14-12-28(13-15-29)10-3-4-11-30-23(18-32-2)19-33-25-17-21(27)8-9-24(25)26(30)31/h5-9,16-17,19H,3-4,10-15,18H2,1-2H3. The van der Waals surface area contributed by atoms with Crippen LogP contribution in [-0.4, -0.2) is 68.7 Å². The first-order chi connectivity index (χ1) is 16.0. The molecule has 0 aromatic heterocycles. The van der Waals surface area contributed by atoms with Crippen molar-refractivity contribution in [2.24, 2.45) is 0 Å². The highest BCUT2D eigenvalue weighted by Gasteiger charge is 2.26. The summed E-state index contributed by atoms with van der Waals surface area (Å²) in [5, 5.41) is 0.541. The van der Waals surface area contributed by atoms with Gasteiger partial charge < -0.3 is 19.3 Å². The molecule has 2 aliphatic heterocycles. The summed E-state index contributed by atoms with van der Waals surface area (Å²) in [6.45, 7) is 8.34. The number of hydrogen-bond acceptors (Lipinski definition) is 5. The van der Waals surface area contributed by atoms with Gasteiger partial charge in [-0.15, -0.1) is 0 Å². The highest BCUT2D eigenvalue weighted by atomic mass is 35.5. The minimum Gasteiger partial charge on any atom is -0.462 e. The molecule has 2 aromatic rings.